The van der Waals surface area contributed by atoms with E-state index in [1.807, 2.05) is 12.1 Å². The Morgan fingerprint density at radius 1 is 1.26 bits per heavy atom. The van der Waals surface area contributed by atoms with E-state index in [2.05, 4.69) is 5.32 Å². The number of aliphatic carboxylic acids is 1. The fourth-order valence-electron chi connectivity index (χ4n) is 1.45. The monoisotopic (exact) mass is 265 g/mol. The highest BCUT2D eigenvalue weighted by Crippen LogP contribution is 2.20. The van der Waals surface area contributed by atoms with Gasteiger partial charge in [-0.3, -0.25) is 9.59 Å². The van der Waals surface area contributed by atoms with E-state index in [0.717, 1.165) is 11.3 Å². The zero-order valence-electron chi connectivity index (χ0n) is 11.6. The summed E-state index contributed by atoms with van der Waals surface area (Å²) in [5, 5.41) is 11.7. The molecule has 0 fully saturated rings. The maximum Gasteiger partial charge on any atom is 0.318 e. The third-order valence-corrected chi connectivity index (χ3v) is 3.07. The number of carbonyl (C=O) groups is 2. The Hall–Kier alpha value is -2.04. The zero-order chi connectivity index (χ0) is 14.6. The zero-order valence-corrected chi connectivity index (χ0v) is 11.6. The lowest BCUT2D eigenvalue weighted by molar-refractivity contribution is -0.153. The number of methoxy groups -OCH3 is 1. The average Bonchev–Trinajstić information content (AvgIpc) is 2.38. The smallest absolute Gasteiger partial charge is 0.318 e. The van der Waals surface area contributed by atoms with Crippen LogP contribution in [0.25, 0.3) is 0 Å². The molecule has 1 amide bonds. The van der Waals surface area contributed by atoms with Crippen molar-refractivity contribution in [1.82, 2.24) is 5.32 Å². The van der Waals surface area contributed by atoms with Crippen molar-refractivity contribution in [1.29, 1.82) is 0 Å². The first-order chi connectivity index (χ1) is 8.78. The summed E-state index contributed by atoms with van der Waals surface area (Å²) in [6.45, 7) is 4.56. The van der Waals surface area contributed by atoms with Gasteiger partial charge in [0.1, 0.15) is 11.2 Å². The van der Waals surface area contributed by atoms with E-state index in [1.165, 1.54) is 13.8 Å². The standard InChI is InChI=1S/C14H19NO4/c1-9(10-5-7-11(19-4)8-6-10)15-12(16)14(2,3)13(17)18/h5-9H,1-4H3,(H,15,16)(H,17,18). The average molecular weight is 265 g/mol. The second-order valence-corrected chi connectivity index (χ2v) is 4.90. The first-order valence-electron chi connectivity index (χ1n) is 5.97. The molecule has 0 aliphatic rings. The quantitative estimate of drug-likeness (QED) is 0.798. The van der Waals surface area contributed by atoms with Crippen LogP contribution in [-0.2, 0) is 9.59 Å². The second-order valence-electron chi connectivity index (χ2n) is 4.90. The van der Waals surface area contributed by atoms with Gasteiger partial charge in [-0.2, -0.15) is 0 Å². The lowest BCUT2D eigenvalue weighted by Crippen LogP contribution is -2.43. The van der Waals surface area contributed by atoms with Crippen molar-refractivity contribution < 1.29 is 19.4 Å². The summed E-state index contributed by atoms with van der Waals surface area (Å²) in [5.74, 6) is -0.927. The van der Waals surface area contributed by atoms with Crippen LogP contribution in [0.15, 0.2) is 24.3 Å². The lowest BCUT2D eigenvalue weighted by Gasteiger charge is -2.22. The maximum atomic E-state index is 11.9. The van der Waals surface area contributed by atoms with Crippen molar-refractivity contribution in [2.75, 3.05) is 7.11 Å². The van der Waals surface area contributed by atoms with E-state index >= 15 is 0 Å². The normalized spacial score (nSPS) is 12.6. The van der Waals surface area contributed by atoms with E-state index in [4.69, 9.17) is 9.84 Å². The van der Waals surface area contributed by atoms with Gasteiger partial charge >= 0.3 is 5.97 Å². The third-order valence-electron chi connectivity index (χ3n) is 3.07. The molecular formula is C14H19NO4. The number of hydrogen-bond donors (Lipinski definition) is 2. The van der Waals surface area contributed by atoms with Crippen LogP contribution < -0.4 is 10.1 Å². The van der Waals surface area contributed by atoms with Gasteiger partial charge in [-0.25, -0.2) is 0 Å². The van der Waals surface area contributed by atoms with Gasteiger partial charge in [0.2, 0.25) is 5.91 Å². The van der Waals surface area contributed by atoms with Gasteiger partial charge in [0.15, 0.2) is 0 Å². The third kappa shape index (κ3) is 3.47. The maximum absolute atomic E-state index is 11.9. The van der Waals surface area contributed by atoms with Gasteiger partial charge in [-0.1, -0.05) is 12.1 Å². The van der Waals surface area contributed by atoms with Gasteiger partial charge in [0, 0.05) is 0 Å². The van der Waals surface area contributed by atoms with Crippen molar-refractivity contribution in [3.05, 3.63) is 29.8 Å². The number of hydrogen-bond acceptors (Lipinski definition) is 3. The predicted molar refractivity (Wildman–Crippen MR) is 71.0 cm³/mol. The number of amides is 1. The molecule has 0 aromatic heterocycles. The van der Waals surface area contributed by atoms with Crippen LogP contribution in [0.2, 0.25) is 0 Å². The Balaban J connectivity index is 2.76. The highest BCUT2D eigenvalue weighted by Gasteiger charge is 2.36. The molecule has 0 saturated heterocycles. The highest BCUT2D eigenvalue weighted by atomic mass is 16.5. The molecule has 0 bridgehead atoms. The van der Waals surface area contributed by atoms with Gasteiger partial charge in [-0.15, -0.1) is 0 Å². The molecule has 1 unspecified atom stereocenters. The number of carboxylic acids is 1. The molecule has 1 rings (SSSR count). The molecule has 19 heavy (non-hydrogen) atoms. The lowest BCUT2D eigenvalue weighted by atomic mass is 9.92. The Kier molecular flexibility index (Phi) is 4.53. The summed E-state index contributed by atoms with van der Waals surface area (Å²) in [6, 6.07) is 6.98. The van der Waals surface area contributed by atoms with E-state index < -0.39 is 17.3 Å². The summed E-state index contributed by atoms with van der Waals surface area (Å²) in [6.07, 6.45) is 0. The number of benzene rings is 1. The molecule has 0 spiro atoms. The fourth-order valence-corrected chi connectivity index (χ4v) is 1.45. The molecule has 1 atom stereocenters. The van der Waals surface area contributed by atoms with Gasteiger partial charge in [0.25, 0.3) is 0 Å². The van der Waals surface area contributed by atoms with Crippen molar-refractivity contribution in [2.45, 2.75) is 26.8 Å². The van der Waals surface area contributed by atoms with Crippen LogP contribution in [-0.4, -0.2) is 24.1 Å². The summed E-state index contributed by atoms with van der Waals surface area (Å²) in [7, 11) is 1.58. The van der Waals surface area contributed by atoms with Crippen molar-refractivity contribution in [3.8, 4) is 5.75 Å². The van der Waals surface area contributed by atoms with Crippen LogP contribution in [0.1, 0.15) is 32.4 Å². The largest absolute Gasteiger partial charge is 0.497 e. The molecule has 0 aliphatic carbocycles. The number of rotatable bonds is 5. The molecule has 5 nitrogen and oxygen atoms in total. The molecule has 0 aliphatic heterocycles. The minimum absolute atomic E-state index is 0.267. The number of nitrogens with one attached hydrogen (secondary N) is 1. The summed E-state index contributed by atoms with van der Waals surface area (Å²) in [5.41, 5.74) is -0.559. The van der Waals surface area contributed by atoms with E-state index in [0.29, 0.717) is 0 Å². The topological polar surface area (TPSA) is 75.6 Å². The molecule has 104 valence electrons. The minimum atomic E-state index is -1.44. The minimum Gasteiger partial charge on any atom is -0.497 e. The number of carbonyl (C=O) groups excluding carboxylic acids is 1. The van der Waals surface area contributed by atoms with Gasteiger partial charge < -0.3 is 15.2 Å². The molecular weight excluding hydrogens is 246 g/mol. The number of ether oxygens (including phenoxy) is 1. The molecule has 1 aromatic carbocycles. The summed E-state index contributed by atoms with van der Waals surface area (Å²) < 4.78 is 5.05. The van der Waals surface area contributed by atoms with Crippen LogP contribution >= 0.6 is 0 Å². The molecule has 5 heteroatoms. The van der Waals surface area contributed by atoms with E-state index in [1.54, 1.807) is 26.2 Å². The fraction of sp³-hybridized carbons (Fsp3) is 0.429. The van der Waals surface area contributed by atoms with Crippen LogP contribution in [0.4, 0.5) is 0 Å². The van der Waals surface area contributed by atoms with Crippen molar-refractivity contribution in [3.63, 3.8) is 0 Å². The van der Waals surface area contributed by atoms with Crippen LogP contribution in [0.5, 0.6) is 5.75 Å². The first-order valence-corrected chi connectivity index (χ1v) is 5.97. The SMILES string of the molecule is COc1ccc(C(C)NC(=O)C(C)(C)C(=O)O)cc1. The van der Waals surface area contributed by atoms with Crippen molar-refractivity contribution >= 4 is 11.9 Å². The number of carboxylic acid groups (broad SMARTS) is 1. The Morgan fingerprint density at radius 3 is 2.21 bits per heavy atom. The molecule has 1 aromatic rings. The molecule has 0 radical (unpaired) electrons. The summed E-state index contributed by atoms with van der Waals surface area (Å²) in [4.78, 5) is 22.9. The predicted octanol–water partition coefficient (Wildman–Crippen LogP) is 1.98. The Bertz CT molecular complexity index is 465. The molecule has 2 N–H and O–H groups in total. The Labute approximate surface area is 112 Å². The van der Waals surface area contributed by atoms with E-state index in [-0.39, 0.29) is 6.04 Å². The highest BCUT2D eigenvalue weighted by molar-refractivity contribution is 6.01. The summed E-state index contributed by atoms with van der Waals surface area (Å²) >= 11 is 0. The van der Waals surface area contributed by atoms with E-state index in [9.17, 15) is 9.59 Å². The molecule has 0 heterocycles. The van der Waals surface area contributed by atoms with Crippen molar-refractivity contribution in [2.24, 2.45) is 5.41 Å². The molecule has 0 saturated carbocycles. The second kappa shape index (κ2) is 5.73. The van der Waals surface area contributed by atoms with Gasteiger partial charge in [-0.05, 0) is 38.5 Å². The first kappa shape index (κ1) is 15.0. The van der Waals surface area contributed by atoms with Gasteiger partial charge in [0.05, 0.1) is 13.2 Å². The van der Waals surface area contributed by atoms with Crippen LogP contribution in [0.3, 0.4) is 0 Å². The van der Waals surface area contributed by atoms with Crippen LogP contribution in [0, 0.1) is 5.41 Å². The Morgan fingerprint density at radius 2 is 1.79 bits per heavy atom.